The normalized spacial score (nSPS) is 14.1. The van der Waals surface area contributed by atoms with Crippen LogP contribution in [-0.4, -0.2) is 55.7 Å². The lowest BCUT2D eigenvalue weighted by atomic mass is 10.0. The molecule has 0 atom stereocenters. The lowest BCUT2D eigenvalue weighted by Crippen LogP contribution is -2.38. The topological polar surface area (TPSA) is 98.3 Å². The van der Waals surface area contributed by atoms with Crippen LogP contribution in [0.5, 0.6) is 11.5 Å². The van der Waals surface area contributed by atoms with Gasteiger partial charge in [-0.15, -0.1) is 0 Å². The Kier molecular flexibility index (Phi) is 7.16. The average molecular weight is 455 g/mol. The number of anilines is 2. The van der Waals surface area contributed by atoms with Crippen molar-refractivity contribution in [1.29, 1.82) is 0 Å². The average Bonchev–Trinajstić information content (AvgIpc) is 2.84. The molecule has 0 aliphatic carbocycles. The molecule has 10 heteroatoms. The molecule has 0 saturated carbocycles. The molecular weight excluding hydrogens is 427 g/mol. The Morgan fingerprint density at radius 1 is 1.18 bits per heavy atom. The van der Waals surface area contributed by atoms with E-state index >= 15 is 0 Å². The molecule has 2 N–H and O–H groups in total. The van der Waals surface area contributed by atoms with E-state index in [1.54, 1.807) is 11.1 Å². The Bertz CT molecular complexity index is 1130. The van der Waals surface area contributed by atoms with Crippen molar-refractivity contribution in [3.63, 3.8) is 0 Å². The molecule has 4 rings (SSSR count). The predicted molar refractivity (Wildman–Crippen MR) is 126 cm³/mol. The van der Waals surface area contributed by atoms with Crippen molar-refractivity contribution in [2.45, 2.75) is 13.8 Å². The van der Waals surface area contributed by atoms with Crippen molar-refractivity contribution in [1.82, 2.24) is 9.97 Å². The van der Waals surface area contributed by atoms with Gasteiger partial charge in [0, 0.05) is 18.7 Å². The van der Waals surface area contributed by atoms with E-state index in [1.165, 1.54) is 0 Å². The fraction of sp³-hybridized carbons (Fsp3) is 0.348. The quantitative estimate of drug-likeness (QED) is 0.315. The summed E-state index contributed by atoms with van der Waals surface area (Å²) >= 11 is 0. The van der Waals surface area contributed by atoms with Crippen LogP contribution in [0.25, 0.3) is 10.8 Å². The molecule has 1 aromatic heterocycles. The number of hydrogen-bond acceptors (Lipinski definition) is 9. The first-order valence-corrected chi connectivity index (χ1v) is 10.9. The summed E-state index contributed by atoms with van der Waals surface area (Å²) in [6, 6.07) is 9.70. The highest BCUT2D eigenvalue weighted by Gasteiger charge is 2.19. The Hall–Kier alpha value is -3.50. The number of halogens is 1. The molecule has 174 valence electrons. The van der Waals surface area contributed by atoms with Crippen LogP contribution in [0.1, 0.15) is 19.4 Å². The van der Waals surface area contributed by atoms with Crippen LogP contribution in [0, 0.1) is 5.82 Å². The highest BCUT2D eigenvalue weighted by Crippen LogP contribution is 2.30. The number of morpholine rings is 1. The molecule has 2 heterocycles. The van der Waals surface area contributed by atoms with Crippen molar-refractivity contribution in [2.75, 3.05) is 49.5 Å². The zero-order chi connectivity index (χ0) is 23.2. The Balaban J connectivity index is 1.67. The second kappa shape index (κ2) is 10.4. The van der Waals surface area contributed by atoms with E-state index in [2.05, 4.69) is 15.1 Å². The Morgan fingerprint density at radius 2 is 1.94 bits per heavy atom. The van der Waals surface area contributed by atoms with Crippen LogP contribution in [0.2, 0.25) is 0 Å². The van der Waals surface area contributed by atoms with Crippen molar-refractivity contribution in [3.8, 4) is 11.5 Å². The summed E-state index contributed by atoms with van der Waals surface area (Å²) in [5.74, 6) is 7.25. The minimum Gasteiger partial charge on any atom is -0.494 e. The first-order valence-electron chi connectivity index (χ1n) is 10.9. The smallest absolute Gasteiger partial charge is 0.263 e. The third kappa shape index (κ3) is 5.12. The fourth-order valence-corrected chi connectivity index (χ4v) is 3.60. The summed E-state index contributed by atoms with van der Waals surface area (Å²) in [6.45, 7) is 6.99. The van der Waals surface area contributed by atoms with Crippen molar-refractivity contribution >= 4 is 28.8 Å². The van der Waals surface area contributed by atoms with Gasteiger partial charge in [0.25, 0.3) is 5.95 Å². The molecule has 2 aromatic carbocycles. The van der Waals surface area contributed by atoms with E-state index in [4.69, 9.17) is 20.1 Å². The van der Waals surface area contributed by atoms with E-state index in [0.29, 0.717) is 45.3 Å². The second-order valence-electron chi connectivity index (χ2n) is 7.26. The molecule has 0 unspecified atom stereocenters. The maximum absolute atomic E-state index is 14.3. The molecule has 1 fully saturated rings. The molecule has 3 aromatic rings. The van der Waals surface area contributed by atoms with Gasteiger partial charge in [0.1, 0.15) is 11.5 Å². The summed E-state index contributed by atoms with van der Waals surface area (Å²) in [4.78, 5) is 10.1. The number of hydrogen-bond donors (Lipinski definition) is 1. The highest BCUT2D eigenvalue weighted by atomic mass is 19.1. The van der Waals surface area contributed by atoms with Gasteiger partial charge in [-0.1, -0.05) is 12.1 Å². The van der Waals surface area contributed by atoms with Gasteiger partial charge in [0.2, 0.25) is 0 Å². The summed E-state index contributed by atoms with van der Waals surface area (Å²) in [7, 11) is 0. The number of aromatic nitrogens is 2. The van der Waals surface area contributed by atoms with Gasteiger partial charge in [-0.3, -0.25) is 0 Å². The number of benzene rings is 2. The van der Waals surface area contributed by atoms with Gasteiger partial charge >= 0.3 is 0 Å². The molecule has 0 bridgehead atoms. The van der Waals surface area contributed by atoms with E-state index in [0.717, 1.165) is 33.4 Å². The number of nitrogens with zero attached hydrogens (tertiary/aromatic N) is 5. The Labute approximate surface area is 191 Å². The molecule has 0 radical (unpaired) electrons. The van der Waals surface area contributed by atoms with Gasteiger partial charge in [0.15, 0.2) is 11.6 Å². The number of rotatable bonds is 8. The summed E-state index contributed by atoms with van der Waals surface area (Å²) in [5.41, 5.74) is 0.738. The van der Waals surface area contributed by atoms with Gasteiger partial charge in [0.05, 0.1) is 38.8 Å². The van der Waals surface area contributed by atoms with Crippen LogP contribution in [0.15, 0.2) is 41.6 Å². The number of hydrazine groups is 1. The minimum atomic E-state index is -0.519. The van der Waals surface area contributed by atoms with Gasteiger partial charge in [-0.25, -0.2) is 15.2 Å². The SMILES string of the molecule is CCOc1ccc2ccc(OCC)c(/C=N/N(N)c3ncc(F)c(N4CCOCC4)n3)c2c1. The summed E-state index contributed by atoms with van der Waals surface area (Å²) in [5, 5.41) is 7.24. The molecule has 1 aliphatic rings. The summed E-state index contributed by atoms with van der Waals surface area (Å²) < 4.78 is 31.1. The fourth-order valence-electron chi connectivity index (χ4n) is 3.60. The first-order chi connectivity index (χ1) is 16.1. The van der Waals surface area contributed by atoms with Crippen LogP contribution < -0.4 is 25.3 Å². The summed E-state index contributed by atoms with van der Waals surface area (Å²) in [6.07, 6.45) is 2.69. The van der Waals surface area contributed by atoms with E-state index in [9.17, 15) is 4.39 Å². The van der Waals surface area contributed by atoms with E-state index < -0.39 is 5.82 Å². The monoisotopic (exact) mass is 454 g/mol. The molecule has 1 saturated heterocycles. The lowest BCUT2D eigenvalue weighted by Gasteiger charge is -2.28. The van der Waals surface area contributed by atoms with Gasteiger partial charge in [-0.2, -0.15) is 15.2 Å². The molecule has 33 heavy (non-hydrogen) atoms. The van der Waals surface area contributed by atoms with Crippen molar-refractivity contribution in [3.05, 3.63) is 47.9 Å². The second-order valence-corrected chi connectivity index (χ2v) is 7.26. The molecule has 0 amide bonds. The number of nitrogens with two attached hydrogens (primary N) is 1. The standard InChI is InChI=1S/C23H27FN6O3/c1-3-32-17-7-5-16-6-8-21(33-4-2)19(18(16)13-17)14-27-30(25)23-26-15-20(24)22(28-23)29-9-11-31-12-10-29/h5-8,13-15H,3-4,9-12,25H2,1-2H3/b27-14+. The van der Waals surface area contributed by atoms with Gasteiger partial charge < -0.3 is 19.1 Å². The third-order valence-corrected chi connectivity index (χ3v) is 5.15. The predicted octanol–water partition coefficient (Wildman–Crippen LogP) is 3.12. The van der Waals surface area contributed by atoms with Crippen molar-refractivity contribution in [2.24, 2.45) is 10.9 Å². The van der Waals surface area contributed by atoms with Gasteiger partial charge in [-0.05, 0) is 42.8 Å². The number of hydrazone groups is 1. The van der Waals surface area contributed by atoms with E-state index in [1.807, 2.05) is 44.2 Å². The largest absolute Gasteiger partial charge is 0.494 e. The maximum Gasteiger partial charge on any atom is 0.263 e. The van der Waals surface area contributed by atoms with Crippen LogP contribution in [0.3, 0.4) is 0 Å². The first kappa shape index (κ1) is 22.7. The van der Waals surface area contributed by atoms with Crippen LogP contribution >= 0.6 is 0 Å². The Morgan fingerprint density at radius 3 is 2.70 bits per heavy atom. The zero-order valence-corrected chi connectivity index (χ0v) is 18.7. The minimum absolute atomic E-state index is 0.0716. The lowest BCUT2D eigenvalue weighted by molar-refractivity contribution is 0.122. The zero-order valence-electron chi connectivity index (χ0n) is 18.7. The van der Waals surface area contributed by atoms with Crippen LogP contribution in [0.4, 0.5) is 16.2 Å². The number of ether oxygens (including phenoxy) is 3. The molecular formula is C23H27FN6O3. The maximum atomic E-state index is 14.3. The number of fused-ring (bicyclic) bond motifs is 1. The molecule has 1 aliphatic heterocycles. The molecule has 9 nitrogen and oxygen atoms in total. The highest BCUT2D eigenvalue weighted by molar-refractivity contribution is 6.03. The van der Waals surface area contributed by atoms with Crippen molar-refractivity contribution < 1.29 is 18.6 Å². The third-order valence-electron chi connectivity index (χ3n) is 5.15. The van der Waals surface area contributed by atoms with E-state index in [-0.39, 0.29) is 11.8 Å². The molecule has 0 spiro atoms. The van der Waals surface area contributed by atoms with Crippen LogP contribution in [-0.2, 0) is 4.74 Å².